The highest BCUT2D eigenvalue weighted by atomic mass is 16.3. The Kier molecular flexibility index (Phi) is 7.09. The third kappa shape index (κ3) is 5.62. The summed E-state index contributed by atoms with van der Waals surface area (Å²) in [6.07, 6.45) is 8.48. The molecular formula is C22H24N4O2. The van der Waals surface area contributed by atoms with E-state index in [1.165, 1.54) is 0 Å². The zero-order valence-electron chi connectivity index (χ0n) is 15.6. The highest BCUT2D eigenvalue weighted by Crippen LogP contribution is 2.23. The molecule has 1 unspecified atom stereocenters. The van der Waals surface area contributed by atoms with Gasteiger partial charge in [0.15, 0.2) is 0 Å². The maximum atomic E-state index is 12.8. The number of phenolic OH excluding ortho intramolecular Hbond substituents is 1. The van der Waals surface area contributed by atoms with Gasteiger partial charge in [0.25, 0.3) is 0 Å². The molecule has 28 heavy (non-hydrogen) atoms. The molecule has 0 spiro atoms. The number of nitrogens with zero attached hydrogens (tertiary/aromatic N) is 2. The molecule has 0 aliphatic rings. The molecule has 3 aromatic rings. The number of nitrogens with one attached hydrogen (secondary N) is 2. The van der Waals surface area contributed by atoms with E-state index in [0.29, 0.717) is 25.1 Å². The van der Waals surface area contributed by atoms with Gasteiger partial charge in [0.05, 0.1) is 0 Å². The molecule has 0 aliphatic carbocycles. The van der Waals surface area contributed by atoms with Gasteiger partial charge in [-0.15, -0.1) is 0 Å². The highest BCUT2D eigenvalue weighted by molar-refractivity contribution is 5.84. The molecule has 0 saturated carbocycles. The van der Waals surface area contributed by atoms with Crippen LogP contribution in [0.1, 0.15) is 22.7 Å². The number of pyridine rings is 2. The van der Waals surface area contributed by atoms with Crippen LogP contribution in [0.4, 0.5) is 0 Å². The van der Waals surface area contributed by atoms with Gasteiger partial charge in [0.1, 0.15) is 11.8 Å². The van der Waals surface area contributed by atoms with Gasteiger partial charge in [0, 0.05) is 43.4 Å². The number of hydrogen-bond donors (Lipinski definition) is 3. The number of phenols is 1. The molecule has 0 aliphatic heterocycles. The van der Waals surface area contributed by atoms with Gasteiger partial charge in [-0.25, -0.2) is 0 Å². The minimum atomic E-state index is -0.628. The molecule has 0 fully saturated rings. The number of carbonyl (C=O) groups excluding carboxylic acids is 1. The van der Waals surface area contributed by atoms with Crippen LogP contribution < -0.4 is 10.6 Å². The van der Waals surface area contributed by atoms with E-state index in [9.17, 15) is 9.90 Å². The molecule has 6 nitrogen and oxygen atoms in total. The van der Waals surface area contributed by atoms with Crippen LogP contribution in [0.3, 0.4) is 0 Å². The second kappa shape index (κ2) is 10.2. The van der Waals surface area contributed by atoms with E-state index in [1.54, 1.807) is 43.0 Å². The Morgan fingerprint density at radius 3 is 2.43 bits per heavy atom. The second-order valence-corrected chi connectivity index (χ2v) is 6.45. The highest BCUT2D eigenvalue weighted by Gasteiger charge is 2.22. The van der Waals surface area contributed by atoms with Crippen LogP contribution in [0.5, 0.6) is 5.75 Å². The monoisotopic (exact) mass is 376 g/mol. The summed E-state index contributed by atoms with van der Waals surface area (Å²) in [5.41, 5.74) is 2.76. The van der Waals surface area contributed by atoms with Gasteiger partial charge in [-0.05, 0) is 48.2 Å². The number of benzene rings is 1. The molecule has 1 aromatic carbocycles. The average molecular weight is 376 g/mol. The van der Waals surface area contributed by atoms with Crippen LogP contribution >= 0.6 is 0 Å². The molecule has 0 bridgehead atoms. The Labute approximate surface area is 164 Å². The van der Waals surface area contributed by atoms with E-state index in [0.717, 1.165) is 17.5 Å². The molecule has 3 rings (SSSR count). The maximum Gasteiger partial charge on any atom is 0.241 e. The normalized spacial score (nSPS) is 11.7. The van der Waals surface area contributed by atoms with Gasteiger partial charge in [0.2, 0.25) is 5.91 Å². The first-order chi connectivity index (χ1) is 13.7. The fourth-order valence-electron chi connectivity index (χ4n) is 2.96. The summed E-state index contributed by atoms with van der Waals surface area (Å²) < 4.78 is 0. The number of carbonyl (C=O) groups is 1. The summed E-state index contributed by atoms with van der Waals surface area (Å²) in [6.45, 7) is 1.10. The van der Waals surface area contributed by atoms with Gasteiger partial charge < -0.3 is 15.7 Å². The predicted molar refractivity (Wildman–Crippen MR) is 108 cm³/mol. The van der Waals surface area contributed by atoms with E-state index in [2.05, 4.69) is 20.6 Å². The van der Waals surface area contributed by atoms with Crippen molar-refractivity contribution in [2.75, 3.05) is 13.1 Å². The first-order valence-electron chi connectivity index (χ1n) is 9.31. The van der Waals surface area contributed by atoms with Crippen LogP contribution in [0.15, 0.2) is 73.3 Å². The largest absolute Gasteiger partial charge is 0.508 e. The van der Waals surface area contributed by atoms with Crippen molar-refractivity contribution in [3.63, 3.8) is 0 Å². The number of aromatic hydroxyl groups is 1. The van der Waals surface area contributed by atoms with Crippen molar-refractivity contribution in [2.24, 2.45) is 0 Å². The molecule has 1 atom stereocenters. The van der Waals surface area contributed by atoms with Crippen molar-refractivity contribution in [1.29, 1.82) is 0 Å². The molecule has 2 aromatic heterocycles. The van der Waals surface area contributed by atoms with Crippen molar-refractivity contribution >= 4 is 5.91 Å². The van der Waals surface area contributed by atoms with Gasteiger partial charge >= 0.3 is 0 Å². The standard InChI is InChI=1S/C22H24N4O2/c27-20-6-2-1-5-19(20)21(25-14-9-17-7-12-23-13-8-17)22(28)26-15-10-18-4-3-11-24-16-18/h1-8,11-13,16,21,25,27H,9-10,14-15H2,(H,26,28). The topological polar surface area (TPSA) is 87.1 Å². The van der Waals surface area contributed by atoms with Gasteiger partial charge in [-0.1, -0.05) is 24.3 Å². The lowest BCUT2D eigenvalue weighted by molar-refractivity contribution is -0.123. The third-order valence-corrected chi connectivity index (χ3v) is 4.46. The molecular weight excluding hydrogens is 352 g/mol. The summed E-state index contributed by atoms with van der Waals surface area (Å²) in [7, 11) is 0. The summed E-state index contributed by atoms with van der Waals surface area (Å²) in [6, 6.07) is 14.0. The van der Waals surface area contributed by atoms with Gasteiger partial charge in [-0.2, -0.15) is 0 Å². The Balaban J connectivity index is 1.61. The van der Waals surface area contributed by atoms with E-state index < -0.39 is 6.04 Å². The summed E-state index contributed by atoms with van der Waals surface area (Å²) in [5, 5.41) is 16.4. The summed E-state index contributed by atoms with van der Waals surface area (Å²) in [5.74, 6) is -0.0635. The van der Waals surface area contributed by atoms with E-state index >= 15 is 0 Å². The zero-order valence-corrected chi connectivity index (χ0v) is 15.6. The SMILES string of the molecule is O=C(NCCc1cccnc1)C(NCCc1ccncc1)c1ccccc1O. The molecule has 6 heteroatoms. The van der Waals surface area contributed by atoms with Crippen LogP contribution in [0.25, 0.3) is 0 Å². The Morgan fingerprint density at radius 2 is 1.68 bits per heavy atom. The maximum absolute atomic E-state index is 12.8. The molecule has 0 radical (unpaired) electrons. The van der Waals surface area contributed by atoms with Crippen LogP contribution in [-0.2, 0) is 17.6 Å². The Bertz CT molecular complexity index is 872. The lowest BCUT2D eigenvalue weighted by Gasteiger charge is -2.20. The minimum Gasteiger partial charge on any atom is -0.508 e. The van der Waals surface area contributed by atoms with E-state index in [-0.39, 0.29) is 11.7 Å². The fraction of sp³-hybridized carbons (Fsp3) is 0.227. The van der Waals surface area contributed by atoms with Crippen molar-refractivity contribution < 1.29 is 9.90 Å². The zero-order chi connectivity index (χ0) is 19.6. The Morgan fingerprint density at radius 1 is 0.893 bits per heavy atom. The predicted octanol–water partition coefficient (Wildman–Crippen LogP) is 2.41. The third-order valence-electron chi connectivity index (χ3n) is 4.46. The number of rotatable bonds is 9. The quantitative estimate of drug-likeness (QED) is 0.534. The van der Waals surface area contributed by atoms with Crippen molar-refractivity contribution in [3.8, 4) is 5.75 Å². The van der Waals surface area contributed by atoms with E-state index in [1.807, 2.05) is 30.3 Å². The van der Waals surface area contributed by atoms with Crippen LogP contribution in [0, 0.1) is 0 Å². The van der Waals surface area contributed by atoms with Crippen LogP contribution in [0.2, 0.25) is 0 Å². The first kappa shape index (κ1) is 19.5. The number of aromatic nitrogens is 2. The Hall–Kier alpha value is -3.25. The molecule has 3 N–H and O–H groups in total. The number of amides is 1. The molecule has 1 amide bonds. The average Bonchev–Trinajstić information content (AvgIpc) is 2.73. The minimum absolute atomic E-state index is 0.103. The van der Waals surface area contributed by atoms with Crippen molar-refractivity contribution in [3.05, 3.63) is 90.0 Å². The van der Waals surface area contributed by atoms with Crippen LogP contribution in [-0.4, -0.2) is 34.1 Å². The number of para-hydroxylation sites is 1. The summed E-state index contributed by atoms with van der Waals surface area (Å²) >= 11 is 0. The smallest absolute Gasteiger partial charge is 0.241 e. The molecule has 144 valence electrons. The summed E-state index contributed by atoms with van der Waals surface area (Å²) in [4.78, 5) is 20.9. The molecule has 0 saturated heterocycles. The lowest BCUT2D eigenvalue weighted by Crippen LogP contribution is -2.39. The van der Waals surface area contributed by atoms with Crippen molar-refractivity contribution in [1.82, 2.24) is 20.6 Å². The van der Waals surface area contributed by atoms with Gasteiger partial charge in [-0.3, -0.25) is 14.8 Å². The number of hydrogen-bond acceptors (Lipinski definition) is 5. The first-order valence-corrected chi connectivity index (χ1v) is 9.31. The van der Waals surface area contributed by atoms with Crippen molar-refractivity contribution in [2.45, 2.75) is 18.9 Å². The second-order valence-electron chi connectivity index (χ2n) is 6.45. The van der Waals surface area contributed by atoms with E-state index in [4.69, 9.17) is 0 Å². The molecule has 2 heterocycles. The fourth-order valence-corrected chi connectivity index (χ4v) is 2.96. The lowest BCUT2D eigenvalue weighted by atomic mass is 10.0.